The molecule has 1 N–H and O–H groups in total. The standard InChI is InChI=1S/C13H18N4/c1-2-8-17-13(5-7-16-17)11-15-10-12-4-3-6-14-9-12/h3-7,9,15H,2,8,10-11H2,1H3. The van der Waals surface area contributed by atoms with Gasteiger partial charge in [0.2, 0.25) is 0 Å². The fourth-order valence-corrected chi connectivity index (χ4v) is 1.76. The van der Waals surface area contributed by atoms with Crippen molar-refractivity contribution in [3.8, 4) is 0 Å². The highest BCUT2D eigenvalue weighted by Crippen LogP contribution is 2.01. The van der Waals surface area contributed by atoms with Gasteiger partial charge in [0.15, 0.2) is 0 Å². The highest BCUT2D eigenvalue weighted by atomic mass is 15.3. The van der Waals surface area contributed by atoms with E-state index in [4.69, 9.17) is 0 Å². The Morgan fingerprint density at radius 2 is 2.18 bits per heavy atom. The second kappa shape index (κ2) is 6.15. The normalized spacial score (nSPS) is 10.6. The van der Waals surface area contributed by atoms with Crippen LogP contribution in [0.3, 0.4) is 0 Å². The summed E-state index contributed by atoms with van der Waals surface area (Å²) in [6, 6.07) is 6.09. The lowest BCUT2D eigenvalue weighted by Gasteiger charge is -2.07. The van der Waals surface area contributed by atoms with Crippen molar-refractivity contribution in [3.63, 3.8) is 0 Å². The van der Waals surface area contributed by atoms with Gasteiger partial charge in [-0.15, -0.1) is 0 Å². The van der Waals surface area contributed by atoms with Crippen LogP contribution in [0.5, 0.6) is 0 Å². The second-order valence-corrected chi connectivity index (χ2v) is 4.01. The van der Waals surface area contributed by atoms with Crippen molar-refractivity contribution in [1.82, 2.24) is 20.1 Å². The molecule has 0 aliphatic rings. The lowest BCUT2D eigenvalue weighted by molar-refractivity contribution is 0.549. The lowest BCUT2D eigenvalue weighted by Crippen LogP contribution is -2.16. The largest absolute Gasteiger partial charge is 0.307 e. The van der Waals surface area contributed by atoms with Crippen LogP contribution >= 0.6 is 0 Å². The SMILES string of the molecule is CCCn1nccc1CNCc1cccnc1. The van der Waals surface area contributed by atoms with Crippen LogP contribution in [0.1, 0.15) is 24.6 Å². The summed E-state index contributed by atoms with van der Waals surface area (Å²) < 4.78 is 2.05. The van der Waals surface area contributed by atoms with E-state index in [-0.39, 0.29) is 0 Å². The Morgan fingerprint density at radius 1 is 1.24 bits per heavy atom. The van der Waals surface area contributed by atoms with Gasteiger partial charge in [0.05, 0.1) is 5.69 Å². The van der Waals surface area contributed by atoms with E-state index in [9.17, 15) is 0 Å². The van der Waals surface area contributed by atoms with E-state index in [1.807, 2.05) is 18.5 Å². The molecular formula is C13H18N4. The van der Waals surface area contributed by atoms with Gasteiger partial charge in [-0.3, -0.25) is 9.67 Å². The molecule has 0 spiro atoms. The average molecular weight is 230 g/mol. The number of aromatic nitrogens is 3. The molecule has 0 aliphatic carbocycles. The summed E-state index contributed by atoms with van der Waals surface area (Å²) in [6.07, 6.45) is 6.64. The van der Waals surface area contributed by atoms with Crippen molar-refractivity contribution < 1.29 is 0 Å². The van der Waals surface area contributed by atoms with Crippen LogP contribution in [0.4, 0.5) is 0 Å². The quantitative estimate of drug-likeness (QED) is 0.825. The van der Waals surface area contributed by atoms with E-state index < -0.39 is 0 Å². The molecular weight excluding hydrogens is 212 g/mol. The maximum Gasteiger partial charge on any atom is 0.0522 e. The van der Waals surface area contributed by atoms with Gasteiger partial charge in [-0.25, -0.2) is 0 Å². The van der Waals surface area contributed by atoms with Gasteiger partial charge in [0.1, 0.15) is 0 Å². The Bertz CT molecular complexity index is 436. The van der Waals surface area contributed by atoms with Gasteiger partial charge in [-0.05, 0) is 24.1 Å². The molecule has 2 aromatic rings. The van der Waals surface area contributed by atoms with E-state index in [1.165, 1.54) is 11.3 Å². The molecule has 0 saturated heterocycles. The van der Waals surface area contributed by atoms with E-state index in [2.05, 4.69) is 39.1 Å². The number of rotatable bonds is 6. The summed E-state index contributed by atoms with van der Waals surface area (Å²) in [5.74, 6) is 0. The third kappa shape index (κ3) is 3.39. The molecule has 17 heavy (non-hydrogen) atoms. The van der Waals surface area contributed by atoms with Crippen LogP contribution in [0.25, 0.3) is 0 Å². The summed E-state index contributed by atoms with van der Waals surface area (Å²) in [5.41, 5.74) is 2.43. The van der Waals surface area contributed by atoms with Gasteiger partial charge in [0.25, 0.3) is 0 Å². The van der Waals surface area contributed by atoms with Gasteiger partial charge in [-0.2, -0.15) is 5.10 Å². The van der Waals surface area contributed by atoms with Crippen molar-refractivity contribution in [2.75, 3.05) is 0 Å². The number of pyridine rings is 1. The fraction of sp³-hybridized carbons (Fsp3) is 0.385. The Labute approximate surface area is 102 Å². The molecule has 4 heteroatoms. The average Bonchev–Trinajstić information content (AvgIpc) is 2.79. The number of nitrogens with one attached hydrogen (secondary N) is 1. The van der Waals surface area contributed by atoms with Crippen molar-refractivity contribution in [2.24, 2.45) is 0 Å². The summed E-state index contributed by atoms with van der Waals surface area (Å²) in [6.45, 7) is 4.82. The van der Waals surface area contributed by atoms with Crippen LogP contribution < -0.4 is 5.32 Å². The van der Waals surface area contributed by atoms with Gasteiger partial charge in [0, 0.05) is 38.2 Å². The zero-order valence-electron chi connectivity index (χ0n) is 10.1. The minimum Gasteiger partial charge on any atom is -0.307 e. The smallest absolute Gasteiger partial charge is 0.0522 e. The predicted octanol–water partition coefficient (Wildman–Crippen LogP) is 1.98. The zero-order chi connectivity index (χ0) is 11.9. The monoisotopic (exact) mass is 230 g/mol. The Balaban J connectivity index is 1.84. The van der Waals surface area contributed by atoms with Crippen LogP contribution in [0, 0.1) is 0 Å². The fourth-order valence-electron chi connectivity index (χ4n) is 1.76. The zero-order valence-corrected chi connectivity index (χ0v) is 10.1. The lowest BCUT2D eigenvalue weighted by atomic mass is 10.3. The molecule has 0 aliphatic heterocycles. The van der Waals surface area contributed by atoms with Gasteiger partial charge < -0.3 is 5.32 Å². The molecule has 0 bridgehead atoms. The van der Waals surface area contributed by atoms with E-state index in [0.717, 1.165) is 26.1 Å². The Hall–Kier alpha value is -1.68. The molecule has 0 aromatic carbocycles. The first-order valence-electron chi connectivity index (χ1n) is 6.00. The molecule has 0 unspecified atom stereocenters. The second-order valence-electron chi connectivity index (χ2n) is 4.01. The first-order chi connectivity index (χ1) is 8.40. The molecule has 0 radical (unpaired) electrons. The molecule has 2 rings (SSSR count). The van der Waals surface area contributed by atoms with Crippen LogP contribution in [-0.2, 0) is 19.6 Å². The highest BCUT2D eigenvalue weighted by molar-refractivity contribution is 5.08. The molecule has 0 fully saturated rings. The van der Waals surface area contributed by atoms with E-state index >= 15 is 0 Å². The molecule has 4 nitrogen and oxygen atoms in total. The summed E-state index contributed by atoms with van der Waals surface area (Å²) in [4.78, 5) is 4.09. The summed E-state index contributed by atoms with van der Waals surface area (Å²) in [7, 11) is 0. The van der Waals surface area contributed by atoms with Crippen molar-refractivity contribution >= 4 is 0 Å². The van der Waals surface area contributed by atoms with Crippen molar-refractivity contribution in [1.29, 1.82) is 0 Å². The van der Waals surface area contributed by atoms with Crippen LogP contribution in [0.15, 0.2) is 36.8 Å². The number of hydrogen-bond acceptors (Lipinski definition) is 3. The minimum atomic E-state index is 0.838. The molecule has 90 valence electrons. The number of aryl methyl sites for hydroxylation is 1. The van der Waals surface area contributed by atoms with Gasteiger partial charge >= 0.3 is 0 Å². The molecule has 2 aromatic heterocycles. The van der Waals surface area contributed by atoms with E-state index in [1.54, 1.807) is 6.20 Å². The number of hydrogen-bond donors (Lipinski definition) is 1. The summed E-state index contributed by atoms with van der Waals surface area (Å²) >= 11 is 0. The third-order valence-corrected chi connectivity index (χ3v) is 2.60. The van der Waals surface area contributed by atoms with Gasteiger partial charge in [-0.1, -0.05) is 13.0 Å². The predicted molar refractivity (Wildman–Crippen MR) is 67.3 cm³/mol. The Kier molecular flexibility index (Phi) is 4.27. The molecule has 0 amide bonds. The molecule has 2 heterocycles. The van der Waals surface area contributed by atoms with Crippen molar-refractivity contribution in [2.45, 2.75) is 33.0 Å². The maximum absolute atomic E-state index is 4.30. The minimum absolute atomic E-state index is 0.838. The maximum atomic E-state index is 4.30. The molecule has 0 atom stereocenters. The molecule has 0 saturated carbocycles. The van der Waals surface area contributed by atoms with Crippen LogP contribution in [0.2, 0.25) is 0 Å². The Morgan fingerprint density at radius 3 is 2.94 bits per heavy atom. The summed E-state index contributed by atoms with van der Waals surface area (Å²) in [5, 5.41) is 7.70. The third-order valence-electron chi connectivity index (χ3n) is 2.60. The highest BCUT2D eigenvalue weighted by Gasteiger charge is 2.00. The first-order valence-corrected chi connectivity index (χ1v) is 6.00. The van der Waals surface area contributed by atoms with Crippen LogP contribution in [-0.4, -0.2) is 14.8 Å². The van der Waals surface area contributed by atoms with Crippen molar-refractivity contribution in [3.05, 3.63) is 48.0 Å². The van der Waals surface area contributed by atoms with E-state index in [0.29, 0.717) is 0 Å². The topological polar surface area (TPSA) is 42.7 Å². The first kappa shape index (κ1) is 11.8. The number of nitrogens with zero attached hydrogens (tertiary/aromatic N) is 3.